The van der Waals surface area contributed by atoms with Crippen LogP contribution in [0.15, 0.2) is 48.5 Å². The first-order chi connectivity index (χ1) is 17.0. The molecule has 2 amide bonds. The first-order valence-corrected chi connectivity index (χ1v) is 12.0. The average molecular weight is 475 g/mol. The van der Waals surface area contributed by atoms with Gasteiger partial charge in [0.1, 0.15) is 12.6 Å². The van der Waals surface area contributed by atoms with Crippen LogP contribution in [0.4, 0.5) is 4.79 Å². The Labute approximate surface area is 205 Å². The first-order valence-electron chi connectivity index (χ1n) is 12.0. The Morgan fingerprint density at radius 3 is 2.29 bits per heavy atom. The molecule has 7 nitrogen and oxygen atoms in total. The van der Waals surface area contributed by atoms with Crippen LogP contribution in [0.3, 0.4) is 0 Å². The summed E-state index contributed by atoms with van der Waals surface area (Å²) >= 11 is 0. The highest BCUT2D eigenvalue weighted by Crippen LogP contribution is 2.44. The number of fused-ring (bicyclic) bond motifs is 3. The maximum atomic E-state index is 12.7. The molecule has 2 aromatic carbocycles. The van der Waals surface area contributed by atoms with Gasteiger partial charge in [0.05, 0.1) is 0 Å². The zero-order chi connectivity index (χ0) is 24.8. The van der Waals surface area contributed by atoms with E-state index in [1.807, 2.05) is 36.4 Å². The Bertz CT molecular complexity index is 1090. The van der Waals surface area contributed by atoms with Crippen LogP contribution in [0.25, 0.3) is 11.1 Å². The van der Waals surface area contributed by atoms with Crippen LogP contribution >= 0.6 is 0 Å². The van der Waals surface area contributed by atoms with Crippen molar-refractivity contribution < 1.29 is 24.2 Å². The lowest BCUT2D eigenvalue weighted by molar-refractivity contribution is -0.138. The van der Waals surface area contributed by atoms with Crippen molar-refractivity contribution in [3.63, 3.8) is 0 Å². The largest absolute Gasteiger partial charge is 0.481 e. The van der Waals surface area contributed by atoms with E-state index in [4.69, 9.17) is 16.3 Å². The van der Waals surface area contributed by atoms with Gasteiger partial charge in [-0.1, -0.05) is 48.5 Å². The average Bonchev–Trinajstić information content (AvgIpc) is 3.42. The van der Waals surface area contributed by atoms with Crippen molar-refractivity contribution in [3.05, 3.63) is 59.7 Å². The van der Waals surface area contributed by atoms with Gasteiger partial charge >= 0.3 is 12.1 Å². The Hall–Kier alpha value is -3.79. The van der Waals surface area contributed by atoms with Gasteiger partial charge in [0.15, 0.2) is 0 Å². The zero-order valence-electron chi connectivity index (χ0n) is 19.5. The number of hydrogen-bond donors (Lipinski definition) is 3. The highest BCUT2D eigenvalue weighted by Gasteiger charge is 2.30. The number of amides is 2. The number of carboxylic acid groups (broad SMARTS) is 1. The van der Waals surface area contributed by atoms with Gasteiger partial charge in [-0.2, -0.15) is 0 Å². The summed E-state index contributed by atoms with van der Waals surface area (Å²) in [6, 6.07) is 15.2. The summed E-state index contributed by atoms with van der Waals surface area (Å²) in [4.78, 5) is 36.2. The lowest BCUT2D eigenvalue weighted by Crippen LogP contribution is -2.47. The first kappa shape index (κ1) is 24.3. The molecule has 0 spiro atoms. The summed E-state index contributed by atoms with van der Waals surface area (Å²) in [5.74, 6) is 1.58. The molecule has 0 aliphatic heterocycles. The number of aliphatic carboxylic acids is 1. The van der Waals surface area contributed by atoms with E-state index in [0.29, 0.717) is 6.54 Å². The van der Waals surface area contributed by atoms with Crippen LogP contribution in [-0.4, -0.2) is 42.3 Å². The van der Waals surface area contributed by atoms with Crippen LogP contribution in [-0.2, 0) is 14.3 Å². The van der Waals surface area contributed by atoms with Gasteiger partial charge in [0, 0.05) is 25.3 Å². The van der Waals surface area contributed by atoms with Crippen LogP contribution < -0.4 is 10.6 Å². The molecule has 0 saturated heterocycles. The second-order valence-electron chi connectivity index (χ2n) is 9.32. The number of carboxylic acids is 1. The predicted octanol–water partition coefficient (Wildman–Crippen LogP) is 3.92. The second-order valence-corrected chi connectivity index (χ2v) is 9.32. The number of rotatable bonds is 9. The zero-order valence-corrected chi connectivity index (χ0v) is 19.5. The second kappa shape index (κ2) is 11.1. The molecule has 0 radical (unpaired) electrons. The fourth-order valence-corrected chi connectivity index (χ4v) is 5.27. The van der Waals surface area contributed by atoms with Crippen molar-refractivity contribution in [1.82, 2.24) is 10.6 Å². The Morgan fingerprint density at radius 1 is 1.03 bits per heavy atom. The predicted molar refractivity (Wildman–Crippen MR) is 132 cm³/mol. The van der Waals surface area contributed by atoms with E-state index < -0.39 is 18.1 Å². The van der Waals surface area contributed by atoms with E-state index >= 15 is 0 Å². The molecule has 3 atom stereocenters. The van der Waals surface area contributed by atoms with Crippen molar-refractivity contribution in [1.29, 1.82) is 0 Å². The molecule has 1 saturated carbocycles. The van der Waals surface area contributed by atoms with Crippen LogP contribution in [0.1, 0.15) is 49.1 Å². The van der Waals surface area contributed by atoms with E-state index in [0.717, 1.165) is 41.5 Å². The van der Waals surface area contributed by atoms with Gasteiger partial charge in [-0.3, -0.25) is 9.59 Å². The SMILES string of the molecule is C#CCC(NC(=O)OCC1c2ccccc2-c2ccccc21)C(=O)NCC1CCC(CC(=O)O)C1. The Balaban J connectivity index is 1.30. The van der Waals surface area contributed by atoms with Gasteiger partial charge in [0.2, 0.25) is 5.91 Å². The molecule has 1 fully saturated rings. The molecule has 182 valence electrons. The smallest absolute Gasteiger partial charge is 0.407 e. The maximum absolute atomic E-state index is 12.7. The summed E-state index contributed by atoms with van der Waals surface area (Å²) in [7, 11) is 0. The Morgan fingerprint density at radius 2 is 1.66 bits per heavy atom. The summed E-state index contributed by atoms with van der Waals surface area (Å²) in [6.45, 7) is 0.583. The molecule has 0 aromatic heterocycles. The topological polar surface area (TPSA) is 105 Å². The molecule has 2 aliphatic rings. The van der Waals surface area contributed by atoms with Crippen LogP contribution in [0.5, 0.6) is 0 Å². The summed E-state index contributed by atoms with van der Waals surface area (Å²) in [5, 5.41) is 14.4. The van der Waals surface area contributed by atoms with Crippen molar-refractivity contribution in [2.45, 2.75) is 44.1 Å². The quantitative estimate of drug-likeness (QED) is 0.478. The fourth-order valence-electron chi connectivity index (χ4n) is 5.27. The summed E-state index contributed by atoms with van der Waals surface area (Å²) < 4.78 is 5.54. The van der Waals surface area contributed by atoms with Crippen molar-refractivity contribution in [2.24, 2.45) is 11.8 Å². The maximum Gasteiger partial charge on any atom is 0.407 e. The lowest BCUT2D eigenvalue weighted by Gasteiger charge is -2.19. The van der Waals surface area contributed by atoms with Gasteiger partial charge < -0.3 is 20.5 Å². The van der Waals surface area contributed by atoms with Crippen LogP contribution in [0, 0.1) is 24.2 Å². The minimum absolute atomic E-state index is 0.0440. The number of carbonyl (C=O) groups excluding carboxylic acids is 2. The number of carbonyl (C=O) groups is 3. The standard InChI is InChI=1S/C28H30N2O5/c1-2-7-25(27(33)29-16-19-13-12-18(14-19)15-26(31)32)30-28(34)35-17-24-22-10-5-3-8-20(22)21-9-4-6-11-23(21)24/h1,3-6,8-11,18-19,24-25H,7,12-17H2,(H,29,33)(H,30,34)(H,31,32). The van der Waals surface area contributed by atoms with E-state index in [2.05, 4.69) is 28.7 Å². The van der Waals surface area contributed by atoms with Crippen molar-refractivity contribution in [3.8, 4) is 23.5 Å². The summed E-state index contributed by atoms with van der Waals surface area (Å²) in [6.07, 6.45) is 7.43. The van der Waals surface area contributed by atoms with E-state index in [1.54, 1.807) is 0 Å². The van der Waals surface area contributed by atoms with E-state index in [1.165, 1.54) is 0 Å². The minimum atomic E-state index is -0.896. The third kappa shape index (κ3) is 5.83. The normalized spacial score (nSPS) is 19.2. The van der Waals surface area contributed by atoms with E-state index in [9.17, 15) is 14.4 Å². The van der Waals surface area contributed by atoms with Crippen LogP contribution in [0.2, 0.25) is 0 Å². The highest BCUT2D eigenvalue weighted by molar-refractivity contribution is 5.86. The fraction of sp³-hybridized carbons (Fsp3) is 0.393. The number of nitrogens with one attached hydrogen (secondary N) is 2. The molecule has 7 heteroatoms. The monoisotopic (exact) mass is 474 g/mol. The molecule has 2 aromatic rings. The van der Waals surface area contributed by atoms with Gasteiger partial charge in [-0.05, 0) is 53.4 Å². The van der Waals surface area contributed by atoms with Crippen molar-refractivity contribution in [2.75, 3.05) is 13.2 Å². The molecular weight excluding hydrogens is 444 g/mol. The third-order valence-electron chi connectivity index (χ3n) is 6.95. The van der Waals surface area contributed by atoms with Crippen molar-refractivity contribution >= 4 is 18.0 Å². The number of alkyl carbamates (subject to hydrolysis) is 1. The molecule has 0 bridgehead atoms. The molecule has 4 rings (SSSR count). The molecule has 2 aliphatic carbocycles. The minimum Gasteiger partial charge on any atom is -0.481 e. The third-order valence-corrected chi connectivity index (χ3v) is 6.95. The lowest BCUT2D eigenvalue weighted by atomic mass is 9.98. The highest BCUT2D eigenvalue weighted by atomic mass is 16.5. The molecule has 3 unspecified atom stereocenters. The van der Waals surface area contributed by atoms with Gasteiger partial charge in [0.25, 0.3) is 0 Å². The number of ether oxygens (including phenoxy) is 1. The number of hydrogen-bond acceptors (Lipinski definition) is 4. The number of terminal acetylenes is 1. The van der Waals surface area contributed by atoms with E-state index in [-0.39, 0.29) is 43.1 Å². The summed E-state index contributed by atoms with van der Waals surface area (Å²) in [5.41, 5.74) is 4.49. The van der Waals surface area contributed by atoms with Gasteiger partial charge in [-0.15, -0.1) is 12.3 Å². The molecule has 35 heavy (non-hydrogen) atoms. The molecular formula is C28H30N2O5. The molecule has 3 N–H and O–H groups in total. The number of benzene rings is 2. The Kier molecular flexibility index (Phi) is 7.71. The van der Waals surface area contributed by atoms with Gasteiger partial charge in [-0.25, -0.2) is 4.79 Å². The molecule has 0 heterocycles.